The molecule has 0 bridgehead atoms. The van der Waals surface area contributed by atoms with Crippen LogP contribution in [0.5, 0.6) is 0 Å². The first-order valence-electron chi connectivity index (χ1n) is 21.4. The van der Waals surface area contributed by atoms with E-state index in [1.165, 1.54) is 48.7 Å². The highest BCUT2D eigenvalue weighted by molar-refractivity contribution is 7.99. The number of aromatic nitrogens is 2. The lowest BCUT2D eigenvalue weighted by molar-refractivity contribution is 0.664. The zero-order chi connectivity index (χ0) is 41.5. The highest BCUT2D eigenvalue weighted by atomic mass is 32.2. The Kier molecular flexibility index (Phi) is 8.06. The Morgan fingerprint density at radius 3 is 1.59 bits per heavy atom. The minimum Gasteiger partial charge on any atom is -0.456 e. The molecule has 63 heavy (non-hydrogen) atoms. The van der Waals surface area contributed by atoms with Crippen LogP contribution in [0.25, 0.3) is 89.2 Å². The summed E-state index contributed by atoms with van der Waals surface area (Å²) in [6, 6.07) is 78.6. The summed E-state index contributed by atoms with van der Waals surface area (Å²) in [5.74, 6) is 0.708. The molecule has 294 valence electrons. The Bertz CT molecular complexity index is 3510. The molecule has 0 unspecified atom stereocenters. The van der Waals surface area contributed by atoms with E-state index < -0.39 is 5.41 Å². The third-order valence-electron chi connectivity index (χ3n) is 13.0. The van der Waals surface area contributed by atoms with Crippen molar-refractivity contribution in [2.75, 3.05) is 0 Å². The number of rotatable bonds is 5. The van der Waals surface area contributed by atoms with Crippen molar-refractivity contribution in [3.05, 3.63) is 241 Å². The topological polar surface area (TPSA) is 38.9 Å². The van der Waals surface area contributed by atoms with Crippen LogP contribution >= 0.6 is 11.8 Å². The van der Waals surface area contributed by atoms with E-state index in [0.29, 0.717) is 5.82 Å². The van der Waals surface area contributed by atoms with Crippen molar-refractivity contribution in [1.29, 1.82) is 0 Å². The van der Waals surface area contributed by atoms with Crippen LogP contribution in [0.2, 0.25) is 0 Å². The van der Waals surface area contributed by atoms with Crippen LogP contribution < -0.4 is 0 Å². The minimum absolute atomic E-state index is 0.535. The normalized spacial score (nSPS) is 13.1. The van der Waals surface area contributed by atoms with Gasteiger partial charge in [-0.3, -0.25) is 0 Å². The molecule has 11 aromatic rings. The third kappa shape index (κ3) is 5.62. The van der Waals surface area contributed by atoms with E-state index in [1.807, 2.05) is 36.0 Å². The predicted molar refractivity (Wildman–Crippen MR) is 258 cm³/mol. The molecule has 1 aliphatic carbocycles. The summed E-state index contributed by atoms with van der Waals surface area (Å²) in [5, 5.41) is 2.29. The van der Waals surface area contributed by atoms with Crippen molar-refractivity contribution >= 4 is 33.7 Å². The van der Waals surface area contributed by atoms with Gasteiger partial charge >= 0.3 is 0 Å². The zero-order valence-electron chi connectivity index (χ0n) is 34.0. The quantitative estimate of drug-likeness (QED) is 0.173. The van der Waals surface area contributed by atoms with Crippen LogP contribution in [0.4, 0.5) is 0 Å². The fraction of sp³-hybridized carbons (Fsp3) is 0.0169. The summed E-state index contributed by atoms with van der Waals surface area (Å²) in [6.45, 7) is 0. The molecule has 9 aromatic carbocycles. The summed E-state index contributed by atoms with van der Waals surface area (Å²) >= 11 is 1.87. The Morgan fingerprint density at radius 1 is 0.333 bits per heavy atom. The molecule has 0 saturated carbocycles. The number of furan rings is 1. The number of hydrogen-bond donors (Lipinski definition) is 0. The van der Waals surface area contributed by atoms with Crippen LogP contribution in [0, 0.1) is 0 Å². The van der Waals surface area contributed by atoms with Crippen molar-refractivity contribution in [2.45, 2.75) is 15.2 Å². The van der Waals surface area contributed by atoms with Crippen molar-refractivity contribution in [1.82, 2.24) is 9.97 Å². The molecule has 2 aromatic heterocycles. The van der Waals surface area contributed by atoms with Crippen LogP contribution in [0.15, 0.2) is 233 Å². The largest absolute Gasteiger partial charge is 0.456 e. The Morgan fingerprint density at radius 2 is 0.873 bits per heavy atom. The van der Waals surface area contributed by atoms with E-state index in [-0.39, 0.29) is 0 Å². The van der Waals surface area contributed by atoms with E-state index in [2.05, 4.69) is 194 Å². The number of benzene rings is 9. The molecule has 1 spiro atoms. The molecule has 13 rings (SSSR count). The van der Waals surface area contributed by atoms with Crippen LogP contribution in [-0.2, 0) is 5.41 Å². The maximum absolute atomic E-state index is 6.61. The predicted octanol–water partition coefficient (Wildman–Crippen LogP) is 15.5. The van der Waals surface area contributed by atoms with Crippen molar-refractivity contribution in [2.24, 2.45) is 0 Å². The van der Waals surface area contributed by atoms with Gasteiger partial charge in [0.2, 0.25) is 0 Å². The zero-order valence-corrected chi connectivity index (χ0v) is 34.8. The molecule has 0 atom stereocenters. The SMILES string of the molecule is c1ccc(-c2cc(-c3cccc(-c4cccc(-c5ccc6c(c5)C5(c7ccccc7Sc7ccccc75)c5cc7oc8ccccc8c7cc5-6)c4)c3)nc(-c3ccccc3)n2)cc1. The average molecular weight is 821 g/mol. The fourth-order valence-corrected chi connectivity index (χ4v) is 11.3. The van der Waals surface area contributed by atoms with Gasteiger partial charge in [0.25, 0.3) is 0 Å². The van der Waals surface area contributed by atoms with Crippen LogP contribution in [0.3, 0.4) is 0 Å². The van der Waals surface area contributed by atoms with Gasteiger partial charge in [0, 0.05) is 37.3 Å². The second kappa shape index (κ2) is 14.1. The summed E-state index contributed by atoms with van der Waals surface area (Å²) in [6.07, 6.45) is 0. The van der Waals surface area contributed by atoms with Gasteiger partial charge in [0.15, 0.2) is 5.82 Å². The van der Waals surface area contributed by atoms with E-state index in [1.54, 1.807) is 0 Å². The summed E-state index contributed by atoms with van der Waals surface area (Å²) in [7, 11) is 0. The molecule has 0 saturated heterocycles. The highest BCUT2D eigenvalue weighted by Crippen LogP contribution is 2.63. The van der Waals surface area contributed by atoms with E-state index in [9.17, 15) is 0 Å². The summed E-state index contributed by atoms with van der Waals surface area (Å²) in [4.78, 5) is 12.7. The second-order valence-corrected chi connectivity index (χ2v) is 17.5. The smallest absolute Gasteiger partial charge is 0.160 e. The molecule has 0 radical (unpaired) electrons. The average Bonchev–Trinajstić information content (AvgIpc) is 3.86. The Labute approximate surface area is 369 Å². The summed E-state index contributed by atoms with van der Waals surface area (Å²) in [5.41, 5.74) is 18.5. The third-order valence-corrected chi connectivity index (χ3v) is 14.1. The van der Waals surface area contributed by atoms with Gasteiger partial charge in [0.05, 0.1) is 16.8 Å². The van der Waals surface area contributed by atoms with Gasteiger partial charge < -0.3 is 4.42 Å². The highest BCUT2D eigenvalue weighted by Gasteiger charge is 2.50. The van der Waals surface area contributed by atoms with E-state index in [0.717, 1.165) is 66.7 Å². The Hall–Kier alpha value is -7.79. The molecule has 3 nitrogen and oxygen atoms in total. The van der Waals surface area contributed by atoms with E-state index >= 15 is 0 Å². The lowest BCUT2D eigenvalue weighted by Gasteiger charge is -2.39. The van der Waals surface area contributed by atoms with Gasteiger partial charge in [-0.15, -0.1) is 0 Å². The fourth-order valence-electron chi connectivity index (χ4n) is 10.1. The number of fused-ring (bicyclic) bond motifs is 12. The van der Waals surface area contributed by atoms with E-state index in [4.69, 9.17) is 14.4 Å². The molecule has 0 amide bonds. The molecular weight excluding hydrogens is 785 g/mol. The maximum atomic E-state index is 6.61. The first-order chi connectivity index (χ1) is 31.2. The molecule has 0 N–H and O–H groups in total. The lowest BCUT2D eigenvalue weighted by Crippen LogP contribution is -2.32. The lowest BCUT2D eigenvalue weighted by atomic mass is 9.67. The minimum atomic E-state index is -0.535. The molecular formula is C59H36N2OS. The molecule has 4 heteroatoms. The molecule has 2 aliphatic rings. The molecule has 1 aliphatic heterocycles. The van der Waals surface area contributed by atoms with Gasteiger partial charge in [-0.25, -0.2) is 9.97 Å². The standard InChI is InChI=1S/C59H36N2OS/c1-3-15-37(16-4-1)52-36-53(61-58(60-52)38-17-5-2-6-18-38)43-22-14-21-41(32-43)39-19-13-20-40(31-39)42-29-30-44-46-34-47-45-23-7-10-26-54(45)62-55(47)35-51(46)59(50(44)33-42)48-24-8-11-27-56(48)63-57-28-12-9-25-49(57)59/h1-36H. The van der Waals surface area contributed by atoms with Gasteiger partial charge in [0.1, 0.15) is 11.2 Å². The van der Waals surface area contributed by atoms with Gasteiger partial charge in [-0.2, -0.15) is 0 Å². The monoisotopic (exact) mass is 820 g/mol. The number of nitrogens with zero attached hydrogens (tertiary/aromatic N) is 2. The molecule has 3 heterocycles. The molecule has 0 fully saturated rings. The van der Waals surface area contributed by atoms with Crippen molar-refractivity contribution in [3.8, 4) is 67.3 Å². The Balaban J connectivity index is 0.963. The van der Waals surface area contributed by atoms with Crippen molar-refractivity contribution < 1.29 is 4.42 Å². The van der Waals surface area contributed by atoms with Crippen LogP contribution in [0.1, 0.15) is 22.3 Å². The maximum Gasteiger partial charge on any atom is 0.160 e. The number of hydrogen-bond acceptors (Lipinski definition) is 4. The number of para-hydroxylation sites is 1. The first-order valence-corrected chi connectivity index (χ1v) is 22.2. The first kappa shape index (κ1) is 35.9. The second-order valence-electron chi connectivity index (χ2n) is 16.5. The van der Waals surface area contributed by atoms with Crippen molar-refractivity contribution in [3.63, 3.8) is 0 Å². The summed E-state index contributed by atoms with van der Waals surface area (Å²) < 4.78 is 6.61. The van der Waals surface area contributed by atoms with Gasteiger partial charge in [-0.1, -0.05) is 176 Å². The van der Waals surface area contributed by atoms with Crippen LogP contribution in [-0.4, -0.2) is 9.97 Å². The van der Waals surface area contributed by atoms with Gasteiger partial charge in [-0.05, 0) is 110 Å².